The van der Waals surface area contributed by atoms with Crippen LogP contribution in [0.4, 0.5) is 0 Å². The summed E-state index contributed by atoms with van der Waals surface area (Å²) in [6, 6.07) is 0. The van der Waals surface area contributed by atoms with Gasteiger partial charge in [-0.1, -0.05) is 28.0 Å². The molecule has 1 saturated heterocycles. The molecular weight excluding hydrogens is 266 g/mol. The number of nitrogens with zero attached hydrogens (tertiary/aromatic N) is 1. The van der Waals surface area contributed by atoms with Crippen LogP contribution in [0.2, 0.25) is 0 Å². The second-order valence-corrected chi connectivity index (χ2v) is 8.60. The van der Waals surface area contributed by atoms with Gasteiger partial charge in [-0.15, -0.1) is 0 Å². The minimum Gasteiger partial charge on any atom is -0.460 e. The average Bonchev–Trinajstić information content (AvgIpc) is 2.75. The van der Waals surface area contributed by atoms with Crippen LogP contribution in [0.15, 0.2) is 0 Å². The number of carbonyl (C=O) groups is 1. The van der Waals surface area contributed by atoms with Gasteiger partial charge in [0.25, 0.3) is 0 Å². The smallest absolute Gasteiger partial charge is 0.305 e. The highest BCUT2D eigenvalue weighted by Gasteiger charge is 2.16. The Hall–Kier alpha value is 0.130. The van der Waals surface area contributed by atoms with E-state index in [4.69, 9.17) is 4.74 Å². The molecule has 0 saturated carbocycles. The highest BCUT2D eigenvalue weighted by molar-refractivity contribution is 8.77. The van der Waals surface area contributed by atoms with Crippen LogP contribution < -0.4 is 0 Å². The monoisotopic (exact) mass is 292 g/mol. The zero-order valence-electron chi connectivity index (χ0n) is 11.8. The predicted octanol–water partition coefficient (Wildman–Crippen LogP) is 2.95. The third-order valence-corrected chi connectivity index (χ3v) is 5.92. The molecule has 1 aliphatic rings. The number of likely N-dealkylation sites (N-methyl/N-ethyl adjacent to an activating group) is 1. The maximum absolute atomic E-state index is 11.5. The Labute approximate surface area is 119 Å². The normalized spacial score (nSPS) is 20.1. The van der Waals surface area contributed by atoms with Gasteiger partial charge in [0.05, 0.1) is 21.1 Å². The molecule has 0 aliphatic carbocycles. The van der Waals surface area contributed by atoms with Crippen molar-refractivity contribution in [1.29, 1.82) is 0 Å². The van der Waals surface area contributed by atoms with Gasteiger partial charge in [-0.05, 0) is 19.3 Å². The fraction of sp³-hybridized carbons (Fsp3) is 0.923. The van der Waals surface area contributed by atoms with Crippen molar-refractivity contribution in [1.82, 2.24) is 0 Å². The summed E-state index contributed by atoms with van der Waals surface area (Å²) in [5.41, 5.74) is 0. The molecule has 0 bridgehead atoms. The van der Waals surface area contributed by atoms with Crippen LogP contribution in [-0.4, -0.2) is 55.7 Å². The van der Waals surface area contributed by atoms with Gasteiger partial charge in [-0.2, -0.15) is 0 Å². The van der Waals surface area contributed by atoms with E-state index in [1.807, 2.05) is 21.6 Å². The molecule has 0 aromatic rings. The molecule has 0 spiro atoms. The Morgan fingerprint density at radius 3 is 2.72 bits per heavy atom. The molecule has 0 aromatic carbocycles. The molecule has 18 heavy (non-hydrogen) atoms. The van der Waals surface area contributed by atoms with Crippen LogP contribution in [0.3, 0.4) is 0 Å². The van der Waals surface area contributed by atoms with E-state index in [0.717, 1.165) is 29.1 Å². The molecule has 0 radical (unpaired) electrons. The van der Waals surface area contributed by atoms with E-state index in [1.54, 1.807) is 0 Å². The first-order chi connectivity index (χ1) is 8.47. The van der Waals surface area contributed by atoms with Crippen LogP contribution in [0.25, 0.3) is 0 Å². The molecule has 0 N–H and O–H groups in total. The van der Waals surface area contributed by atoms with Gasteiger partial charge < -0.3 is 9.22 Å². The quantitative estimate of drug-likeness (QED) is 0.297. The molecule has 0 amide bonds. The number of unbranched alkanes of at least 4 members (excludes halogenated alkanes) is 1. The van der Waals surface area contributed by atoms with Gasteiger partial charge in [0.1, 0.15) is 13.2 Å². The Morgan fingerprint density at radius 2 is 2.11 bits per heavy atom. The lowest BCUT2D eigenvalue weighted by Crippen LogP contribution is -2.38. The number of ether oxygens (including phenoxy) is 1. The van der Waals surface area contributed by atoms with Gasteiger partial charge in [0.2, 0.25) is 0 Å². The highest BCUT2D eigenvalue weighted by atomic mass is 33.1. The second kappa shape index (κ2) is 8.33. The lowest BCUT2D eigenvalue weighted by atomic mass is 10.1. The van der Waals surface area contributed by atoms with Crippen molar-refractivity contribution < 1.29 is 14.0 Å². The first-order valence-electron chi connectivity index (χ1n) is 6.72. The number of carbonyl (C=O) groups excluding carboxylic acids is 1. The molecule has 1 heterocycles. The standard InChI is InChI=1S/C13H26NO2S2/c1-14(2,3)9-10-16-13(15)7-5-4-6-12-8-11-17-18-12/h12H,4-11H2,1-3H3/q+1. The molecular formula is C13H26NO2S2+. The molecule has 106 valence electrons. The SMILES string of the molecule is C[N+](C)(C)CCOC(=O)CCCCC1CCSS1. The molecule has 1 unspecified atom stereocenters. The summed E-state index contributed by atoms with van der Waals surface area (Å²) in [7, 11) is 10.3. The molecule has 0 aromatic heterocycles. The zero-order valence-corrected chi connectivity index (χ0v) is 13.4. The number of hydrogen-bond acceptors (Lipinski definition) is 4. The van der Waals surface area contributed by atoms with E-state index in [9.17, 15) is 4.79 Å². The largest absolute Gasteiger partial charge is 0.460 e. The summed E-state index contributed by atoms with van der Waals surface area (Å²) in [6.45, 7) is 1.42. The van der Waals surface area contributed by atoms with E-state index in [0.29, 0.717) is 13.0 Å². The first kappa shape index (κ1) is 16.2. The van der Waals surface area contributed by atoms with Crippen molar-refractivity contribution in [2.75, 3.05) is 40.0 Å². The summed E-state index contributed by atoms with van der Waals surface area (Å²) in [4.78, 5) is 11.5. The fourth-order valence-corrected chi connectivity index (χ4v) is 4.74. The van der Waals surface area contributed by atoms with Crippen molar-refractivity contribution in [3.05, 3.63) is 0 Å². The summed E-state index contributed by atoms with van der Waals surface area (Å²) >= 11 is 0. The van der Waals surface area contributed by atoms with Gasteiger partial charge >= 0.3 is 5.97 Å². The minimum absolute atomic E-state index is 0.0306. The molecule has 1 fully saturated rings. The number of esters is 1. The van der Waals surface area contributed by atoms with Crippen LogP contribution in [-0.2, 0) is 9.53 Å². The second-order valence-electron chi connectivity index (χ2n) is 5.81. The van der Waals surface area contributed by atoms with Crippen LogP contribution >= 0.6 is 21.6 Å². The maximum atomic E-state index is 11.5. The summed E-state index contributed by atoms with van der Waals surface area (Å²) < 4.78 is 6.06. The Kier molecular flexibility index (Phi) is 7.49. The first-order valence-corrected chi connectivity index (χ1v) is 9.10. The lowest BCUT2D eigenvalue weighted by molar-refractivity contribution is -0.870. The fourth-order valence-electron chi connectivity index (χ4n) is 1.71. The Bertz CT molecular complexity index is 248. The topological polar surface area (TPSA) is 26.3 Å². The van der Waals surface area contributed by atoms with E-state index in [1.165, 1.54) is 18.6 Å². The van der Waals surface area contributed by atoms with Gasteiger partial charge in [0.15, 0.2) is 0 Å². The zero-order chi connectivity index (χ0) is 13.4. The molecule has 3 nitrogen and oxygen atoms in total. The Balaban J connectivity index is 1.93. The van der Waals surface area contributed by atoms with Crippen molar-refractivity contribution in [3.8, 4) is 0 Å². The van der Waals surface area contributed by atoms with Crippen molar-refractivity contribution in [3.63, 3.8) is 0 Å². The molecule has 5 heteroatoms. The van der Waals surface area contributed by atoms with E-state index < -0.39 is 0 Å². The van der Waals surface area contributed by atoms with Gasteiger partial charge in [-0.25, -0.2) is 0 Å². The number of rotatable bonds is 8. The Morgan fingerprint density at radius 1 is 1.33 bits per heavy atom. The van der Waals surface area contributed by atoms with Gasteiger partial charge in [-0.3, -0.25) is 4.79 Å². The van der Waals surface area contributed by atoms with Crippen LogP contribution in [0, 0.1) is 0 Å². The predicted molar refractivity (Wildman–Crippen MR) is 80.8 cm³/mol. The maximum Gasteiger partial charge on any atom is 0.305 e. The lowest BCUT2D eigenvalue weighted by Gasteiger charge is -2.23. The summed E-state index contributed by atoms with van der Waals surface area (Å²) in [5, 5.41) is 0.823. The van der Waals surface area contributed by atoms with Crippen molar-refractivity contribution in [2.24, 2.45) is 0 Å². The van der Waals surface area contributed by atoms with Gasteiger partial charge in [0, 0.05) is 17.4 Å². The van der Waals surface area contributed by atoms with Crippen molar-refractivity contribution >= 4 is 27.6 Å². The summed E-state index contributed by atoms with van der Waals surface area (Å²) in [5.74, 6) is 1.26. The van der Waals surface area contributed by atoms with Crippen LogP contribution in [0.1, 0.15) is 32.1 Å². The molecule has 1 atom stereocenters. The van der Waals surface area contributed by atoms with Crippen LogP contribution in [0.5, 0.6) is 0 Å². The van der Waals surface area contributed by atoms with E-state index in [-0.39, 0.29) is 5.97 Å². The molecule has 1 rings (SSSR count). The highest BCUT2D eigenvalue weighted by Crippen LogP contribution is 2.39. The average molecular weight is 292 g/mol. The van der Waals surface area contributed by atoms with E-state index in [2.05, 4.69) is 21.1 Å². The van der Waals surface area contributed by atoms with E-state index >= 15 is 0 Å². The molecule has 1 aliphatic heterocycles. The third-order valence-electron chi connectivity index (χ3n) is 2.91. The minimum atomic E-state index is -0.0306. The number of hydrogen-bond donors (Lipinski definition) is 0. The third kappa shape index (κ3) is 8.27. The van der Waals surface area contributed by atoms with Crippen molar-refractivity contribution in [2.45, 2.75) is 37.4 Å². The summed E-state index contributed by atoms with van der Waals surface area (Å²) in [6.07, 6.45) is 5.31. The number of quaternary nitrogens is 1.